The maximum Gasteiger partial charge on any atom is 0.408 e. The topological polar surface area (TPSA) is 152 Å². The van der Waals surface area contributed by atoms with Crippen molar-refractivity contribution in [3.05, 3.63) is 83.9 Å². The fourth-order valence-electron chi connectivity index (χ4n) is 5.97. The van der Waals surface area contributed by atoms with Gasteiger partial charge in [-0.15, -0.1) is 0 Å². The number of methoxy groups -OCH3 is 1. The van der Waals surface area contributed by atoms with Gasteiger partial charge in [0.2, 0.25) is 17.7 Å². The molecule has 0 spiro atoms. The molecule has 1 aliphatic carbocycles. The van der Waals surface area contributed by atoms with Gasteiger partial charge in [0.15, 0.2) is 0 Å². The van der Waals surface area contributed by atoms with E-state index in [4.69, 9.17) is 9.47 Å². The monoisotopic (exact) mass is 642 g/mol. The van der Waals surface area contributed by atoms with Crippen molar-refractivity contribution in [1.29, 1.82) is 0 Å². The van der Waals surface area contributed by atoms with E-state index in [9.17, 15) is 24.0 Å². The molecule has 1 aliphatic heterocycles. The summed E-state index contributed by atoms with van der Waals surface area (Å²) < 4.78 is 10.4. The van der Waals surface area contributed by atoms with Crippen LogP contribution >= 0.6 is 0 Å². The number of alkyl carbamates (subject to hydrolysis) is 1. The SMILES string of the molecule is COC(=O)[C@H](C[C@@H]1CCCNC1=O)NC(=O)[C@H](CC1CC1)NC(=O)[C@H](Cc1cccc2ccccc12)NC(=O)OCc1ccccc1. The Kier molecular flexibility index (Phi) is 11.4. The number of hydrogen-bond acceptors (Lipinski definition) is 7. The Bertz CT molecular complexity index is 1570. The van der Waals surface area contributed by atoms with Gasteiger partial charge in [0, 0.05) is 18.9 Å². The maximum atomic E-state index is 13.9. The largest absolute Gasteiger partial charge is 0.467 e. The molecule has 5 rings (SSSR count). The zero-order valence-electron chi connectivity index (χ0n) is 26.5. The van der Waals surface area contributed by atoms with Gasteiger partial charge in [-0.25, -0.2) is 9.59 Å². The highest BCUT2D eigenvalue weighted by atomic mass is 16.5. The van der Waals surface area contributed by atoms with Crippen LogP contribution in [0.2, 0.25) is 0 Å². The summed E-state index contributed by atoms with van der Waals surface area (Å²) in [6.07, 6.45) is 3.05. The first-order chi connectivity index (χ1) is 22.8. The summed E-state index contributed by atoms with van der Waals surface area (Å²) in [5.41, 5.74) is 1.64. The number of nitrogens with one attached hydrogen (secondary N) is 4. The first-order valence-electron chi connectivity index (χ1n) is 16.2. The second-order valence-electron chi connectivity index (χ2n) is 12.3. The Balaban J connectivity index is 1.32. The molecule has 1 heterocycles. The molecular weight excluding hydrogens is 600 g/mol. The van der Waals surface area contributed by atoms with E-state index in [0.29, 0.717) is 19.4 Å². The zero-order chi connectivity index (χ0) is 33.2. The lowest BCUT2D eigenvalue weighted by Gasteiger charge is -2.28. The Morgan fingerprint density at radius 2 is 1.51 bits per heavy atom. The fraction of sp³-hybridized carbons (Fsp3) is 0.417. The minimum absolute atomic E-state index is 0.0237. The van der Waals surface area contributed by atoms with Gasteiger partial charge in [-0.2, -0.15) is 0 Å². The van der Waals surface area contributed by atoms with Crippen LogP contribution in [-0.2, 0) is 41.7 Å². The normalized spacial score (nSPS) is 17.8. The zero-order valence-corrected chi connectivity index (χ0v) is 26.5. The summed E-state index contributed by atoms with van der Waals surface area (Å²) in [5.74, 6) is -2.13. The van der Waals surface area contributed by atoms with Crippen LogP contribution in [0.3, 0.4) is 0 Å². The van der Waals surface area contributed by atoms with E-state index in [1.807, 2.05) is 72.8 Å². The quantitative estimate of drug-likeness (QED) is 0.196. The van der Waals surface area contributed by atoms with Crippen molar-refractivity contribution in [1.82, 2.24) is 21.3 Å². The molecule has 2 aliphatic rings. The summed E-state index contributed by atoms with van der Waals surface area (Å²) in [4.78, 5) is 65.7. The van der Waals surface area contributed by atoms with E-state index >= 15 is 0 Å². The number of rotatable bonds is 14. The van der Waals surface area contributed by atoms with Gasteiger partial charge < -0.3 is 30.7 Å². The van der Waals surface area contributed by atoms with Crippen LogP contribution < -0.4 is 21.3 Å². The predicted octanol–water partition coefficient (Wildman–Crippen LogP) is 3.54. The van der Waals surface area contributed by atoms with Crippen LogP contribution in [0.5, 0.6) is 0 Å². The van der Waals surface area contributed by atoms with Crippen molar-refractivity contribution >= 4 is 40.6 Å². The van der Waals surface area contributed by atoms with Crippen LogP contribution in [-0.4, -0.2) is 61.6 Å². The number of fused-ring (bicyclic) bond motifs is 1. The summed E-state index contributed by atoms with van der Waals surface area (Å²) in [7, 11) is 1.23. The van der Waals surface area contributed by atoms with E-state index in [-0.39, 0.29) is 31.3 Å². The summed E-state index contributed by atoms with van der Waals surface area (Å²) >= 11 is 0. The smallest absolute Gasteiger partial charge is 0.408 e. The van der Waals surface area contributed by atoms with Gasteiger partial charge in [0.25, 0.3) is 0 Å². The van der Waals surface area contributed by atoms with E-state index < -0.39 is 47.9 Å². The lowest BCUT2D eigenvalue weighted by atomic mass is 9.91. The van der Waals surface area contributed by atoms with Crippen molar-refractivity contribution in [2.24, 2.45) is 11.8 Å². The number of piperidine rings is 1. The van der Waals surface area contributed by atoms with Crippen molar-refractivity contribution in [2.45, 2.75) is 69.7 Å². The van der Waals surface area contributed by atoms with Gasteiger partial charge in [0.1, 0.15) is 24.7 Å². The molecule has 0 aromatic heterocycles. The number of amides is 4. The number of hydrogen-bond donors (Lipinski definition) is 4. The van der Waals surface area contributed by atoms with Crippen LogP contribution in [0.25, 0.3) is 10.8 Å². The number of carbonyl (C=O) groups is 5. The van der Waals surface area contributed by atoms with Crippen molar-refractivity contribution in [3.63, 3.8) is 0 Å². The molecule has 0 radical (unpaired) electrons. The van der Waals surface area contributed by atoms with Gasteiger partial charge in [-0.1, -0.05) is 85.6 Å². The lowest BCUT2D eigenvalue weighted by Crippen LogP contribution is -2.57. The molecule has 3 aromatic carbocycles. The Hall–Kier alpha value is -4.93. The first-order valence-corrected chi connectivity index (χ1v) is 16.2. The Morgan fingerprint density at radius 1 is 0.809 bits per heavy atom. The third-order valence-corrected chi connectivity index (χ3v) is 8.75. The van der Waals surface area contributed by atoms with Crippen LogP contribution in [0.15, 0.2) is 72.8 Å². The molecule has 0 unspecified atom stereocenters. The van der Waals surface area contributed by atoms with Gasteiger partial charge in [-0.3, -0.25) is 14.4 Å². The molecule has 4 N–H and O–H groups in total. The highest BCUT2D eigenvalue weighted by Crippen LogP contribution is 2.33. The van der Waals surface area contributed by atoms with Crippen molar-refractivity contribution in [2.75, 3.05) is 13.7 Å². The molecule has 11 nitrogen and oxygen atoms in total. The molecule has 11 heteroatoms. The molecular formula is C36H42N4O7. The Labute approximate surface area is 274 Å². The maximum absolute atomic E-state index is 13.9. The minimum atomic E-state index is -1.07. The van der Waals surface area contributed by atoms with Crippen molar-refractivity contribution in [3.8, 4) is 0 Å². The molecule has 2 fully saturated rings. The predicted molar refractivity (Wildman–Crippen MR) is 175 cm³/mol. The second-order valence-corrected chi connectivity index (χ2v) is 12.3. The van der Waals surface area contributed by atoms with Gasteiger partial charge in [-0.05, 0) is 53.5 Å². The fourth-order valence-corrected chi connectivity index (χ4v) is 5.97. The van der Waals surface area contributed by atoms with E-state index in [0.717, 1.165) is 41.2 Å². The van der Waals surface area contributed by atoms with Crippen molar-refractivity contribution < 1.29 is 33.4 Å². The van der Waals surface area contributed by atoms with Gasteiger partial charge in [0.05, 0.1) is 7.11 Å². The standard InChI is InChI=1S/C36H42N4O7/c1-46-35(44)31(21-27-14-8-18-37-32(27)41)39-33(42)29(19-23-16-17-23)38-34(43)30(40-36(45)47-22-24-9-3-2-4-10-24)20-26-13-7-12-25-11-5-6-15-28(25)26/h2-7,9-13,15,23,27,29-31H,8,14,16-22H2,1H3,(H,37,41)(H,38,43)(H,39,42)(H,40,45)/t27-,29-,30-,31-/m0/s1. The number of benzene rings is 3. The van der Waals surface area contributed by atoms with Crippen LogP contribution in [0, 0.1) is 11.8 Å². The molecule has 0 bridgehead atoms. The number of esters is 1. The average Bonchev–Trinajstić information content (AvgIpc) is 3.91. The minimum Gasteiger partial charge on any atom is -0.467 e. The molecule has 4 amide bonds. The summed E-state index contributed by atoms with van der Waals surface area (Å²) in [6.45, 7) is 0.601. The molecule has 1 saturated carbocycles. The Morgan fingerprint density at radius 3 is 2.26 bits per heavy atom. The summed E-state index contributed by atoms with van der Waals surface area (Å²) in [6, 6.07) is 19.6. The number of ether oxygens (including phenoxy) is 2. The van der Waals surface area contributed by atoms with E-state index in [2.05, 4.69) is 21.3 Å². The molecule has 248 valence electrons. The van der Waals surface area contributed by atoms with Crippen LogP contribution in [0.4, 0.5) is 4.79 Å². The third-order valence-electron chi connectivity index (χ3n) is 8.75. The van der Waals surface area contributed by atoms with E-state index in [1.165, 1.54) is 7.11 Å². The highest BCUT2D eigenvalue weighted by Gasteiger charge is 2.36. The summed E-state index contributed by atoms with van der Waals surface area (Å²) in [5, 5.41) is 13.0. The molecule has 1 saturated heterocycles. The number of carbonyl (C=O) groups excluding carboxylic acids is 5. The molecule has 4 atom stereocenters. The van der Waals surface area contributed by atoms with Gasteiger partial charge >= 0.3 is 12.1 Å². The molecule has 47 heavy (non-hydrogen) atoms. The first kappa shape index (κ1) is 33.4. The third kappa shape index (κ3) is 9.54. The van der Waals surface area contributed by atoms with E-state index in [1.54, 1.807) is 0 Å². The molecule has 3 aromatic rings. The second kappa shape index (κ2) is 16.1. The highest BCUT2D eigenvalue weighted by molar-refractivity contribution is 5.94. The van der Waals surface area contributed by atoms with Crippen LogP contribution in [0.1, 0.15) is 49.7 Å². The average molecular weight is 643 g/mol. The lowest BCUT2D eigenvalue weighted by molar-refractivity contribution is -0.146.